The summed E-state index contributed by atoms with van der Waals surface area (Å²) in [7, 11) is 0. The minimum absolute atomic E-state index is 0.0316. The average molecular weight is 440 g/mol. The maximum Gasteiger partial charge on any atom is 0.315 e. The second kappa shape index (κ2) is 4.75. The lowest BCUT2D eigenvalue weighted by Crippen LogP contribution is -3.06. The summed E-state index contributed by atoms with van der Waals surface area (Å²) in [4.78, 5) is 27.0. The molecular formula is C22H19ClFN5O2. The fourth-order valence-corrected chi connectivity index (χ4v) is 9.48. The molecule has 0 radical (unpaired) electrons. The molecule has 9 rings (SSSR count). The summed E-state index contributed by atoms with van der Waals surface area (Å²) >= 11 is 6.00. The van der Waals surface area contributed by atoms with Crippen LogP contribution in [0.25, 0.3) is 11.3 Å². The lowest BCUT2D eigenvalue weighted by atomic mass is 8.95. The molecule has 9 heteroatoms. The number of nitrogens with zero attached hydrogens (tertiary/aromatic N) is 3. The Labute approximate surface area is 181 Å². The fraction of sp³-hybridized carbons (Fsp3) is 0.500. The summed E-state index contributed by atoms with van der Waals surface area (Å²) in [6.45, 7) is 0.882. The van der Waals surface area contributed by atoms with Crippen LogP contribution in [-0.2, 0) is 6.54 Å². The number of carbonyl (C=O) groups excluding carboxylic acids is 2. The van der Waals surface area contributed by atoms with Gasteiger partial charge in [-0.15, -0.1) is 0 Å². The van der Waals surface area contributed by atoms with E-state index in [1.165, 1.54) is 12.1 Å². The number of aromatic nitrogens is 2. The number of fused-ring (bicyclic) bond motifs is 1. The molecule has 7 nitrogen and oxygen atoms in total. The van der Waals surface area contributed by atoms with Crippen LogP contribution < -0.4 is 11.5 Å². The quantitative estimate of drug-likeness (QED) is 0.765. The molecule has 3 amide bonds. The monoisotopic (exact) mass is 439 g/mol. The minimum Gasteiger partial charge on any atom is -0.365 e. The third kappa shape index (κ3) is 1.42. The van der Waals surface area contributed by atoms with Gasteiger partial charge in [0.05, 0.1) is 28.9 Å². The number of carbonyl (C=O) groups is 2. The van der Waals surface area contributed by atoms with E-state index in [4.69, 9.17) is 28.2 Å². The number of amides is 3. The summed E-state index contributed by atoms with van der Waals surface area (Å²) in [6, 6.07) is 3.53. The largest absolute Gasteiger partial charge is 0.365 e. The molecule has 0 saturated heterocycles. The Morgan fingerprint density at radius 2 is 1.77 bits per heavy atom. The Bertz CT molecular complexity index is 1220. The lowest BCUT2D eigenvalue weighted by molar-refractivity contribution is -0.624. The zero-order valence-corrected chi connectivity index (χ0v) is 17.1. The molecule has 1 aromatic carbocycles. The first kappa shape index (κ1) is 17.0. The van der Waals surface area contributed by atoms with Crippen LogP contribution in [0.3, 0.4) is 0 Å². The van der Waals surface area contributed by atoms with Crippen molar-refractivity contribution < 1.29 is 14.0 Å². The lowest BCUT2D eigenvalue weighted by Gasteiger charge is -3.08. The standard InChI is InChI=1S/C22H19ClFN5O2/c23-7-5-6(1-2-8(7)24)17-13(20(25)30)18-19(28(21(26)31)3-4-29(18)27-17)22-14-10-9-11(14)16(22)12(9)15(10)22/h1-2,5,9-12,14-16,19H,3-4H2,(H2,25,30)(H2,26,31). The second-order valence-electron chi connectivity index (χ2n) is 10.1. The van der Waals surface area contributed by atoms with Crippen LogP contribution in [-0.4, -0.2) is 33.2 Å². The van der Waals surface area contributed by atoms with E-state index in [1.54, 1.807) is 11.0 Å². The Kier molecular flexibility index (Phi) is 2.60. The Morgan fingerprint density at radius 1 is 1.10 bits per heavy atom. The average Bonchev–Trinajstić information content (AvgIpc) is 3.15. The highest BCUT2D eigenvalue weighted by Crippen LogP contribution is 3.07. The molecule has 6 saturated carbocycles. The maximum atomic E-state index is 13.7. The SMILES string of the molecule is NC(=O)c1c(-c2ccc(F)c(Cl)c2)nn2c1C(C13C4C5C6C4C1C6C53)N(C(N)=O)CC2. The highest BCUT2D eigenvalue weighted by atomic mass is 35.5. The number of primary amides is 2. The number of nitrogens with two attached hydrogens (primary N) is 2. The van der Waals surface area contributed by atoms with Gasteiger partial charge in [0.2, 0.25) is 0 Å². The Balaban J connectivity index is 1.34. The van der Waals surface area contributed by atoms with Crippen LogP contribution in [0, 0.1) is 52.7 Å². The molecule has 1 aliphatic heterocycles. The van der Waals surface area contributed by atoms with E-state index >= 15 is 0 Å². The van der Waals surface area contributed by atoms with E-state index in [1.807, 2.05) is 4.68 Å². The number of benzene rings is 1. The predicted molar refractivity (Wildman–Crippen MR) is 107 cm³/mol. The summed E-state index contributed by atoms with van der Waals surface area (Å²) in [5.74, 6) is 4.09. The number of rotatable bonds is 3. The summed E-state index contributed by atoms with van der Waals surface area (Å²) in [5.41, 5.74) is 13.7. The van der Waals surface area contributed by atoms with Crippen LogP contribution in [0.5, 0.6) is 0 Å². The molecule has 6 aliphatic carbocycles. The van der Waals surface area contributed by atoms with Gasteiger partial charge in [-0.25, -0.2) is 9.18 Å². The Morgan fingerprint density at radius 3 is 2.35 bits per heavy atom. The number of halogens is 2. The summed E-state index contributed by atoms with van der Waals surface area (Å²) in [6.07, 6.45) is 0. The van der Waals surface area contributed by atoms with E-state index in [0.29, 0.717) is 53.4 Å². The second-order valence-corrected chi connectivity index (χ2v) is 10.6. The first-order valence-corrected chi connectivity index (χ1v) is 11.2. The number of hydrogen-bond donors (Lipinski definition) is 2. The molecule has 2 heterocycles. The zero-order chi connectivity index (χ0) is 21.1. The van der Waals surface area contributed by atoms with Crippen molar-refractivity contribution in [3.63, 3.8) is 0 Å². The topological polar surface area (TPSA) is 107 Å². The molecule has 1 unspecified atom stereocenters. The van der Waals surface area contributed by atoms with Crippen molar-refractivity contribution in [2.24, 2.45) is 58.3 Å². The molecule has 4 N–H and O–H groups in total. The maximum absolute atomic E-state index is 13.7. The van der Waals surface area contributed by atoms with Crippen molar-refractivity contribution in [2.45, 2.75) is 12.6 Å². The molecule has 7 aliphatic rings. The van der Waals surface area contributed by atoms with Gasteiger partial charge in [0.1, 0.15) is 11.5 Å². The van der Waals surface area contributed by atoms with Crippen molar-refractivity contribution >= 4 is 23.5 Å². The molecule has 0 spiro atoms. The smallest absolute Gasteiger partial charge is 0.315 e. The predicted octanol–water partition coefficient (Wildman–Crippen LogP) is 2.24. The van der Waals surface area contributed by atoms with Gasteiger partial charge < -0.3 is 16.4 Å². The molecule has 2 aromatic rings. The van der Waals surface area contributed by atoms with Gasteiger partial charge in [-0.3, -0.25) is 9.48 Å². The van der Waals surface area contributed by atoms with E-state index in [0.717, 1.165) is 23.7 Å². The van der Waals surface area contributed by atoms with Gasteiger partial charge in [-0.05, 0) is 59.6 Å². The van der Waals surface area contributed by atoms with Gasteiger partial charge >= 0.3 is 6.03 Å². The number of hydrogen-bond acceptors (Lipinski definition) is 3. The van der Waals surface area contributed by atoms with Crippen molar-refractivity contribution in [2.75, 3.05) is 6.54 Å². The highest BCUT2D eigenvalue weighted by molar-refractivity contribution is 6.31. The number of urea groups is 1. The molecule has 0 bridgehead atoms. The van der Waals surface area contributed by atoms with E-state index in [2.05, 4.69) is 0 Å². The fourth-order valence-electron chi connectivity index (χ4n) is 9.30. The van der Waals surface area contributed by atoms with Crippen molar-refractivity contribution in [3.05, 3.63) is 40.3 Å². The van der Waals surface area contributed by atoms with Crippen LogP contribution in [0.4, 0.5) is 9.18 Å². The van der Waals surface area contributed by atoms with Gasteiger partial charge in [-0.2, -0.15) is 5.10 Å². The minimum atomic E-state index is -0.607. The zero-order valence-electron chi connectivity index (χ0n) is 16.3. The van der Waals surface area contributed by atoms with Crippen LogP contribution in [0.2, 0.25) is 5.02 Å². The van der Waals surface area contributed by atoms with Crippen molar-refractivity contribution in [1.29, 1.82) is 0 Å². The van der Waals surface area contributed by atoms with Gasteiger partial charge in [0.15, 0.2) is 0 Å². The van der Waals surface area contributed by atoms with Gasteiger partial charge in [-0.1, -0.05) is 11.6 Å². The van der Waals surface area contributed by atoms with Crippen LogP contribution in [0.15, 0.2) is 18.2 Å². The molecular weight excluding hydrogens is 421 g/mol. The van der Waals surface area contributed by atoms with Crippen LogP contribution >= 0.6 is 11.6 Å². The third-order valence-electron chi connectivity index (χ3n) is 9.86. The van der Waals surface area contributed by atoms with Crippen molar-refractivity contribution in [1.82, 2.24) is 14.7 Å². The van der Waals surface area contributed by atoms with E-state index in [-0.39, 0.29) is 16.5 Å². The Hall–Kier alpha value is -2.61. The summed E-state index contributed by atoms with van der Waals surface area (Å²) in [5, 5.41) is 4.66. The van der Waals surface area contributed by atoms with Crippen molar-refractivity contribution in [3.8, 4) is 11.3 Å². The van der Waals surface area contributed by atoms with E-state index < -0.39 is 17.8 Å². The van der Waals surface area contributed by atoms with Gasteiger partial charge in [0, 0.05) is 17.5 Å². The molecule has 1 atom stereocenters. The first-order chi connectivity index (χ1) is 14.9. The highest BCUT2D eigenvalue weighted by Gasteiger charge is 3.05. The summed E-state index contributed by atoms with van der Waals surface area (Å²) < 4.78 is 15.6. The van der Waals surface area contributed by atoms with Gasteiger partial charge in [0.25, 0.3) is 5.91 Å². The molecule has 31 heavy (non-hydrogen) atoms. The first-order valence-electron chi connectivity index (χ1n) is 10.8. The molecule has 158 valence electrons. The molecule has 1 aromatic heterocycles. The van der Waals surface area contributed by atoms with Crippen LogP contribution in [0.1, 0.15) is 22.1 Å². The molecule has 6 fully saturated rings. The van der Waals surface area contributed by atoms with E-state index in [9.17, 15) is 14.0 Å². The normalized spacial score (nSPS) is 43.5. The third-order valence-corrected chi connectivity index (χ3v) is 10.2.